The summed E-state index contributed by atoms with van der Waals surface area (Å²) in [6.45, 7) is 0. The van der Waals surface area contributed by atoms with E-state index < -0.39 is 14.2 Å². The van der Waals surface area contributed by atoms with Gasteiger partial charge >= 0.3 is 14.2 Å². The Labute approximate surface area is 117 Å². The summed E-state index contributed by atoms with van der Waals surface area (Å²) in [6.07, 6.45) is 0. The van der Waals surface area contributed by atoms with E-state index in [9.17, 15) is 0 Å². The smallest absolute Gasteiger partial charge is 0.520 e. The number of para-hydroxylation sites is 4. The Kier molecular flexibility index (Phi) is 2.59. The minimum atomic E-state index is -0.441. The highest BCUT2D eigenvalue weighted by Gasteiger charge is 2.33. The van der Waals surface area contributed by atoms with Crippen LogP contribution < -0.4 is 18.6 Å². The Morgan fingerprint density at radius 3 is 1.15 bits per heavy atom. The maximum Gasteiger partial charge on any atom is 0.624 e. The van der Waals surface area contributed by atoms with Gasteiger partial charge in [0.25, 0.3) is 0 Å². The van der Waals surface area contributed by atoms with Crippen LogP contribution in [0.2, 0.25) is 0 Å². The second kappa shape index (κ2) is 4.56. The van der Waals surface area contributed by atoms with Crippen molar-refractivity contribution in [1.29, 1.82) is 0 Å². The van der Waals surface area contributed by atoms with Crippen LogP contribution in [0.1, 0.15) is 0 Å². The molecule has 2 aromatic carbocycles. The van der Waals surface area contributed by atoms with Crippen molar-refractivity contribution < 1.29 is 18.6 Å². The lowest BCUT2D eigenvalue weighted by molar-refractivity contribution is 0.510. The van der Waals surface area contributed by atoms with Gasteiger partial charge in [0, 0.05) is 0 Å². The van der Waals surface area contributed by atoms with Crippen LogP contribution in [0.3, 0.4) is 0 Å². The molecule has 0 unspecified atom stereocenters. The lowest BCUT2D eigenvalue weighted by atomic mass is 9.80. The third-order valence-electron chi connectivity index (χ3n) is 3.10. The lowest BCUT2D eigenvalue weighted by Gasteiger charge is -2.00. The zero-order valence-corrected chi connectivity index (χ0v) is 10.6. The van der Waals surface area contributed by atoms with Crippen LogP contribution in [0.25, 0.3) is 0 Å². The Bertz CT molecular complexity index is 566. The summed E-state index contributed by atoms with van der Waals surface area (Å²) >= 11 is 0. The molecule has 2 heterocycles. The van der Waals surface area contributed by atoms with Crippen molar-refractivity contribution in [3.05, 3.63) is 60.5 Å². The van der Waals surface area contributed by atoms with Gasteiger partial charge in [0.1, 0.15) is 23.0 Å². The predicted molar refractivity (Wildman–Crippen MR) is 76.0 cm³/mol. The largest absolute Gasteiger partial charge is 0.624 e. The Hall–Kier alpha value is -2.49. The summed E-state index contributed by atoms with van der Waals surface area (Å²) in [5, 5.41) is 0. The van der Waals surface area contributed by atoms with Gasteiger partial charge in [-0.3, -0.25) is 0 Å². The van der Waals surface area contributed by atoms with E-state index in [-0.39, 0.29) is 0 Å². The van der Waals surface area contributed by atoms with E-state index in [1.807, 2.05) is 48.5 Å². The molecule has 4 nitrogen and oxygen atoms in total. The SMILES string of the molecule is C(=CB1Oc2ccccc2O1)B1Oc2ccccc2O1. The zero-order chi connectivity index (χ0) is 13.4. The minimum absolute atomic E-state index is 0.441. The van der Waals surface area contributed by atoms with Crippen LogP contribution in [0, 0.1) is 0 Å². The van der Waals surface area contributed by atoms with Crippen LogP contribution in [-0.4, -0.2) is 14.2 Å². The standard InChI is InChI=1S/C14H10B2O4/c1-2-6-12-11(5-1)17-15(18-12)9-10-16-19-13-7-3-4-8-14(13)20-16/h1-10H. The molecule has 0 amide bonds. The molecule has 0 fully saturated rings. The summed E-state index contributed by atoms with van der Waals surface area (Å²) < 4.78 is 22.5. The van der Waals surface area contributed by atoms with Crippen LogP contribution >= 0.6 is 0 Å². The molecule has 2 aliphatic rings. The first-order valence-electron chi connectivity index (χ1n) is 6.41. The van der Waals surface area contributed by atoms with Gasteiger partial charge in [-0.2, -0.15) is 0 Å². The van der Waals surface area contributed by atoms with Gasteiger partial charge in [-0.05, 0) is 36.2 Å². The number of fused-ring (bicyclic) bond motifs is 2. The second-order valence-electron chi connectivity index (χ2n) is 4.49. The fraction of sp³-hybridized carbons (Fsp3) is 0. The highest BCUT2D eigenvalue weighted by atomic mass is 16.6. The van der Waals surface area contributed by atoms with E-state index in [0.29, 0.717) is 0 Å². The lowest BCUT2D eigenvalue weighted by Crippen LogP contribution is -2.26. The average molecular weight is 264 g/mol. The summed E-state index contributed by atoms with van der Waals surface area (Å²) in [6, 6.07) is 15.1. The summed E-state index contributed by atoms with van der Waals surface area (Å²) in [5.74, 6) is 6.57. The van der Waals surface area contributed by atoms with Gasteiger partial charge in [0.05, 0.1) is 0 Å². The molecule has 20 heavy (non-hydrogen) atoms. The van der Waals surface area contributed by atoms with Crippen LogP contribution in [0.5, 0.6) is 23.0 Å². The molecule has 0 saturated heterocycles. The highest BCUT2D eigenvalue weighted by molar-refractivity contribution is 6.60. The maximum atomic E-state index is 5.62. The molecule has 2 aliphatic heterocycles. The molecule has 0 saturated carbocycles. The Morgan fingerprint density at radius 1 is 0.550 bits per heavy atom. The third kappa shape index (κ3) is 1.99. The van der Waals surface area contributed by atoms with Crippen molar-refractivity contribution in [2.45, 2.75) is 0 Å². The number of hydrogen-bond acceptors (Lipinski definition) is 4. The molecular formula is C14H10B2O4. The number of rotatable bonds is 2. The predicted octanol–water partition coefficient (Wildman–Crippen LogP) is 2.54. The molecule has 0 atom stereocenters. The first kappa shape index (κ1) is 11.3. The first-order chi connectivity index (χ1) is 9.88. The summed E-state index contributed by atoms with van der Waals surface area (Å²) in [4.78, 5) is 0. The van der Waals surface area contributed by atoms with Crippen molar-refractivity contribution in [3.8, 4) is 23.0 Å². The highest BCUT2D eigenvalue weighted by Crippen LogP contribution is 2.34. The van der Waals surface area contributed by atoms with E-state index in [2.05, 4.69) is 0 Å². The van der Waals surface area contributed by atoms with Gasteiger partial charge < -0.3 is 18.6 Å². The van der Waals surface area contributed by atoms with E-state index >= 15 is 0 Å². The fourth-order valence-electron chi connectivity index (χ4n) is 2.18. The third-order valence-corrected chi connectivity index (χ3v) is 3.10. The Morgan fingerprint density at radius 2 is 0.850 bits per heavy atom. The quantitative estimate of drug-likeness (QED) is 0.781. The normalized spacial score (nSPS) is 15.2. The van der Waals surface area contributed by atoms with E-state index in [1.54, 1.807) is 12.0 Å². The molecule has 0 spiro atoms. The van der Waals surface area contributed by atoms with Gasteiger partial charge in [-0.25, -0.2) is 0 Å². The van der Waals surface area contributed by atoms with Crippen molar-refractivity contribution in [2.24, 2.45) is 0 Å². The number of hydrogen-bond donors (Lipinski definition) is 0. The average Bonchev–Trinajstić information content (AvgIpc) is 3.07. The molecule has 0 aliphatic carbocycles. The molecule has 0 radical (unpaired) electrons. The fourth-order valence-corrected chi connectivity index (χ4v) is 2.18. The van der Waals surface area contributed by atoms with E-state index in [1.165, 1.54) is 0 Å². The van der Waals surface area contributed by atoms with Crippen molar-refractivity contribution in [2.75, 3.05) is 0 Å². The van der Waals surface area contributed by atoms with Crippen LogP contribution in [0.15, 0.2) is 60.5 Å². The van der Waals surface area contributed by atoms with E-state index in [4.69, 9.17) is 18.6 Å². The van der Waals surface area contributed by atoms with Crippen LogP contribution in [-0.2, 0) is 0 Å². The van der Waals surface area contributed by atoms with Gasteiger partial charge in [0.2, 0.25) is 0 Å². The van der Waals surface area contributed by atoms with Gasteiger partial charge in [-0.1, -0.05) is 24.3 Å². The molecule has 0 aromatic heterocycles. The zero-order valence-electron chi connectivity index (χ0n) is 10.6. The van der Waals surface area contributed by atoms with E-state index in [0.717, 1.165) is 23.0 Å². The maximum absolute atomic E-state index is 5.62. The topological polar surface area (TPSA) is 36.9 Å². The van der Waals surface area contributed by atoms with Crippen molar-refractivity contribution in [3.63, 3.8) is 0 Å². The second-order valence-corrected chi connectivity index (χ2v) is 4.49. The van der Waals surface area contributed by atoms with Gasteiger partial charge in [-0.15, -0.1) is 0 Å². The van der Waals surface area contributed by atoms with Gasteiger partial charge in [0.15, 0.2) is 0 Å². The molecule has 0 N–H and O–H groups in total. The monoisotopic (exact) mass is 264 g/mol. The number of benzene rings is 2. The molecule has 2 aromatic rings. The van der Waals surface area contributed by atoms with Crippen LogP contribution in [0.4, 0.5) is 0 Å². The molecule has 6 heteroatoms. The molecule has 4 rings (SSSR count). The Balaban J connectivity index is 1.42. The van der Waals surface area contributed by atoms with Crippen molar-refractivity contribution in [1.82, 2.24) is 0 Å². The molecular weight excluding hydrogens is 254 g/mol. The first-order valence-corrected chi connectivity index (χ1v) is 6.41. The molecule has 96 valence electrons. The summed E-state index contributed by atoms with van der Waals surface area (Å²) in [7, 11) is -0.883. The van der Waals surface area contributed by atoms with Crippen molar-refractivity contribution >= 4 is 14.2 Å². The summed E-state index contributed by atoms with van der Waals surface area (Å²) in [5.41, 5.74) is 0. The molecule has 0 bridgehead atoms. The minimum Gasteiger partial charge on any atom is -0.520 e.